The Balaban J connectivity index is 2.11. The molecule has 0 amide bonds. The van der Waals surface area contributed by atoms with Gasteiger partial charge in [0.2, 0.25) is 0 Å². The molecule has 21 heavy (non-hydrogen) atoms. The van der Waals surface area contributed by atoms with Gasteiger partial charge in [-0.1, -0.05) is 11.6 Å². The largest absolute Gasteiger partial charge is 0.401 e. The molecule has 1 atom stereocenters. The highest BCUT2D eigenvalue weighted by atomic mass is 35.5. The Morgan fingerprint density at radius 2 is 2.33 bits per heavy atom. The first-order chi connectivity index (χ1) is 9.86. The molecule has 116 valence electrons. The minimum atomic E-state index is -0.489. The van der Waals surface area contributed by atoms with Gasteiger partial charge in [-0.15, -0.1) is 0 Å². The molecule has 1 heterocycles. The molecule has 0 fully saturated rings. The average molecular weight is 329 g/mol. The van der Waals surface area contributed by atoms with Crippen LogP contribution in [0, 0.1) is 0 Å². The number of anilines is 1. The molecular weight excluding hydrogens is 308 g/mol. The van der Waals surface area contributed by atoms with Gasteiger partial charge in [0.15, 0.2) is 0 Å². The molecule has 5 nitrogen and oxygen atoms in total. The van der Waals surface area contributed by atoms with E-state index in [1.54, 1.807) is 13.1 Å². The standard InChI is InChI=1S/C14H21ClN4OS/c1-9(20)5-11(16)8-19(17)21-14-7-13-10(6-12(14)15)3-4-18(13)2/h6-9,20H,3-5,16-17H2,1-2H3/b11-8-. The molecular formula is C14H21ClN4OS. The normalized spacial score (nSPS) is 16.0. The van der Waals surface area contributed by atoms with Crippen molar-refractivity contribution in [2.45, 2.75) is 30.8 Å². The molecule has 1 aromatic carbocycles. The highest BCUT2D eigenvalue weighted by molar-refractivity contribution is 7.97. The Hall–Kier alpha value is -1.08. The summed E-state index contributed by atoms with van der Waals surface area (Å²) in [6, 6.07) is 4.05. The van der Waals surface area contributed by atoms with Crippen LogP contribution in [-0.4, -0.2) is 29.2 Å². The van der Waals surface area contributed by atoms with E-state index in [0.717, 1.165) is 17.9 Å². The molecule has 2 rings (SSSR count). The van der Waals surface area contributed by atoms with Crippen molar-refractivity contribution in [3.05, 3.63) is 34.6 Å². The van der Waals surface area contributed by atoms with Gasteiger partial charge in [-0.05, 0) is 31.0 Å². The van der Waals surface area contributed by atoms with E-state index in [-0.39, 0.29) is 0 Å². The van der Waals surface area contributed by atoms with Crippen LogP contribution in [0.1, 0.15) is 18.9 Å². The van der Waals surface area contributed by atoms with Gasteiger partial charge in [-0.25, -0.2) is 5.84 Å². The van der Waals surface area contributed by atoms with Gasteiger partial charge in [0.05, 0.1) is 16.0 Å². The third kappa shape index (κ3) is 4.20. The Labute approximate surface area is 134 Å². The maximum atomic E-state index is 9.29. The van der Waals surface area contributed by atoms with Crippen molar-refractivity contribution < 1.29 is 5.11 Å². The second kappa shape index (κ2) is 6.79. The molecule has 1 unspecified atom stereocenters. The molecule has 0 spiro atoms. The van der Waals surface area contributed by atoms with Crippen LogP contribution in [0.15, 0.2) is 28.9 Å². The van der Waals surface area contributed by atoms with E-state index in [0.29, 0.717) is 17.1 Å². The fourth-order valence-corrected chi connectivity index (χ4v) is 3.33. The predicted molar refractivity (Wildman–Crippen MR) is 88.9 cm³/mol. The molecule has 7 heteroatoms. The lowest BCUT2D eigenvalue weighted by atomic mass is 10.2. The lowest BCUT2D eigenvalue weighted by molar-refractivity contribution is 0.194. The van der Waals surface area contributed by atoms with E-state index in [1.807, 2.05) is 12.1 Å². The SMILES string of the molecule is CC(O)C/C(N)=C/N(N)Sc1cc2c(cc1Cl)CCN2C. The van der Waals surface area contributed by atoms with Crippen molar-refractivity contribution in [2.75, 3.05) is 18.5 Å². The van der Waals surface area contributed by atoms with Crippen molar-refractivity contribution in [3.8, 4) is 0 Å². The van der Waals surface area contributed by atoms with Gasteiger partial charge in [0.1, 0.15) is 0 Å². The number of aliphatic hydroxyl groups is 1. The molecule has 0 bridgehead atoms. The zero-order valence-electron chi connectivity index (χ0n) is 12.2. The van der Waals surface area contributed by atoms with E-state index in [2.05, 4.69) is 11.9 Å². The fraction of sp³-hybridized carbons (Fsp3) is 0.429. The first-order valence-corrected chi connectivity index (χ1v) is 7.91. The quantitative estimate of drug-likeness (QED) is 0.436. The molecule has 0 saturated heterocycles. The molecule has 0 aromatic heterocycles. The maximum Gasteiger partial charge on any atom is 0.0567 e. The zero-order chi connectivity index (χ0) is 15.6. The Bertz CT molecular complexity index is 550. The molecule has 0 aliphatic carbocycles. The van der Waals surface area contributed by atoms with E-state index < -0.39 is 6.10 Å². The topological polar surface area (TPSA) is 78.8 Å². The summed E-state index contributed by atoms with van der Waals surface area (Å²) >= 11 is 7.62. The average Bonchev–Trinajstić information content (AvgIpc) is 2.70. The van der Waals surface area contributed by atoms with E-state index >= 15 is 0 Å². The number of fused-ring (bicyclic) bond motifs is 1. The number of likely N-dealkylation sites (N-methyl/N-ethyl adjacent to an activating group) is 1. The van der Waals surface area contributed by atoms with Crippen molar-refractivity contribution in [2.24, 2.45) is 11.6 Å². The second-order valence-corrected chi connectivity index (χ2v) is 6.74. The van der Waals surface area contributed by atoms with Crippen molar-refractivity contribution >= 4 is 29.2 Å². The number of hydrogen-bond acceptors (Lipinski definition) is 6. The van der Waals surface area contributed by atoms with Crippen LogP contribution in [0.3, 0.4) is 0 Å². The summed E-state index contributed by atoms with van der Waals surface area (Å²) < 4.78 is 1.42. The smallest absolute Gasteiger partial charge is 0.0567 e. The monoisotopic (exact) mass is 328 g/mol. The number of halogens is 1. The molecule has 1 aromatic rings. The van der Waals surface area contributed by atoms with E-state index in [1.165, 1.54) is 27.6 Å². The van der Waals surface area contributed by atoms with Crippen LogP contribution in [0.4, 0.5) is 5.69 Å². The van der Waals surface area contributed by atoms with Crippen LogP contribution in [-0.2, 0) is 6.42 Å². The van der Waals surface area contributed by atoms with Crippen molar-refractivity contribution in [1.29, 1.82) is 0 Å². The van der Waals surface area contributed by atoms with Crippen LogP contribution in [0.5, 0.6) is 0 Å². The number of aliphatic hydroxyl groups excluding tert-OH is 1. The van der Waals surface area contributed by atoms with E-state index in [4.69, 9.17) is 23.2 Å². The summed E-state index contributed by atoms with van der Waals surface area (Å²) in [5.74, 6) is 5.92. The summed E-state index contributed by atoms with van der Waals surface area (Å²) in [5, 5.41) is 9.98. The first-order valence-electron chi connectivity index (χ1n) is 6.76. The summed E-state index contributed by atoms with van der Waals surface area (Å²) in [6.07, 6.45) is 2.51. The zero-order valence-corrected chi connectivity index (χ0v) is 13.8. The summed E-state index contributed by atoms with van der Waals surface area (Å²) in [5.41, 5.74) is 8.78. The lowest BCUT2D eigenvalue weighted by Crippen LogP contribution is -2.20. The van der Waals surface area contributed by atoms with Crippen LogP contribution in [0.2, 0.25) is 5.02 Å². The van der Waals surface area contributed by atoms with Crippen molar-refractivity contribution in [3.63, 3.8) is 0 Å². The third-order valence-corrected chi connectivity index (χ3v) is 4.56. The fourth-order valence-electron chi connectivity index (χ4n) is 2.32. The third-order valence-electron chi connectivity index (χ3n) is 3.29. The molecule has 0 radical (unpaired) electrons. The Morgan fingerprint density at radius 1 is 1.62 bits per heavy atom. The van der Waals surface area contributed by atoms with Crippen LogP contribution in [0.25, 0.3) is 0 Å². The first kappa shape index (κ1) is 16.3. The van der Waals surface area contributed by atoms with Crippen LogP contribution < -0.4 is 16.5 Å². The number of rotatable bonds is 5. The van der Waals surface area contributed by atoms with Gasteiger partial charge in [0.25, 0.3) is 0 Å². The van der Waals surface area contributed by atoms with Gasteiger partial charge >= 0.3 is 0 Å². The van der Waals surface area contributed by atoms with Crippen molar-refractivity contribution in [1.82, 2.24) is 4.41 Å². The van der Waals surface area contributed by atoms with Gasteiger partial charge < -0.3 is 15.7 Å². The lowest BCUT2D eigenvalue weighted by Gasteiger charge is -2.17. The molecule has 1 aliphatic rings. The number of benzene rings is 1. The molecule has 5 N–H and O–H groups in total. The number of nitrogens with two attached hydrogens (primary N) is 2. The maximum absolute atomic E-state index is 9.29. The molecule has 1 aliphatic heterocycles. The van der Waals surface area contributed by atoms with Crippen LogP contribution >= 0.6 is 23.5 Å². The number of hydrazine groups is 1. The summed E-state index contributed by atoms with van der Waals surface area (Å²) in [4.78, 5) is 3.08. The highest BCUT2D eigenvalue weighted by Gasteiger charge is 2.19. The minimum Gasteiger partial charge on any atom is -0.401 e. The number of nitrogens with zero attached hydrogens (tertiary/aromatic N) is 2. The molecule has 0 saturated carbocycles. The van der Waals surface area contributed by atoms with E-state index in [9.17, 15) is 5.11 Å². The van der Waals surface area contributed by atoms with Gasteiger partial charge in [-0.3, -0.25) is 4.41 Å². The Morgan fingerprint density at radius 3 is 3.00 bits per heavy atom. The summed E-state index contributed by atoms with van der Waals surface area (Å²) in [7, 11) is 2.06. The highest BCUT2D eigenvalue weighted by Crippen LogP contribution is 2.37. The number of hydrogen-bond donors (Lipinski definition) is 3. The predicted octanol–water partition coefficient (Wildman–Crippen LogP) is 2.09. The van der Waals surface area contributed by atoms with Gasteiger partial charge in [-0.2, -0.15) is 0 Å². The Kier molecular flexibility index (Phi) is 5.27. The second-order valence-electron chi connectivity index (χ2n) is 5.29. The summed E-state index contributed by atoms with van der Waals surface area (Å²) in [6.45, 7) is 2.69. The van der Waals surface area contributed by atoms with Gasteiger partial charge in [0, 0.05) is 49.5 Å². The minimum absolute atomic E-state index is 0.384.